The van der Waals surface area contributed by atoms with Crippen molar-refractivity contribution in [2.75, 3.05) is 64.4 Å². The van der Waals surface area contributed by atoms with E-state index < -0.39 is 0 Å². The average molecular weight is 499 g/mol. The van der Waals surface area contributed by atoms with Crippen LogP contribution < -0.4 is 10.2 Å². The third-order valence-corrected chi connectivity index (χ3v) is 5.78. The maximum absolute atomic E-state index is 12.3. The number of anilines is 1. The number of likely N-dealkylation sites (tertiary alicyclic amines) is 1. The Morgan fingerprint density at radius 2 is 2.04 bits per heavy atom. The summed E-state index contributed by atoms with van der Waals surface area (Å²) in [7, 11) is 1.83. The van der Waals surface area contributed by atoms with Crippen LogP contribution in [0.2, 0.25) is 0 Å². The molecule has 0 aromatic heterocycles. The Kier molecular flexibility index (Phi) is 7.53. The molecule has 3 aliphatic heterocycles. The molecule has 2 fully saturated rings. The predicted molar refractivity (Wildman–Crippen MR) is 122 cm³/mol. The number of hydrogen-bond donors (Lipinski definition) is 1. The highest BCUT2D eigenvalue weighted by molar-refractivity contribution is 14.0. The van der Waals surface area contributed by atoms with Crippen LogP contribution in [0.1, 0.15) is 12.0 Å². The SMILES string of the molecule is CN=C(NCCN1C(=O)Cc2ccccc21)N1CCC(N2CCOCC2)C1.I. The molecular weight excluding hydrogens is 469 g/mol. The highest BCUT2D eigenvalue weighted by Gasteiger charge is 2.30. The third kappa shape index (κ3) is 4.60. The molecule has 4 rings (SSSR count). The number of nitrogens with one attached hydrogen (secondary N) is 1. The summed E-state index contributed by atoms with van der Waals surface area (Å²) < 4.78 is 5.47. The molecule has 7 nitrogen and oxygen atoms in total. The van der Waals surface area contributed by atoms with Crippen molar-refractivity contribution in [3.63, 3.8) is 0 Å². The Morgan fingerprint density at radius 1 is 1.25 bits per heavy atom. The summed E-state index contributed by atoms with van der Waals surface area (Å²) in [6.07, 6.45) is 1.68. The van der Waals surface area contributed by atoms with E-state index in [0.29, 0.717) is 25.6 Å². The van der Waals surface area contributed by atoms with E-state index in [4.69, 9.17) is 4.74 Å². The van der Waals surface area contributed by atoms with Crippen LogP contribution in [0.3, 0.4) is 0 Å². The van der Waals surface area contributed by atoms with Crippen molar-refractivity contribution in [3.8, 4) is 0 Å². The molecule has 0 aliphatic carbocycles. The molecule has 1 aromatic carbocycles. The molecule has 154 valence electrons. The highest BCUT2D eigenvalue weighted by Crippen LogP contribution is 2.27. The lowest BCUT2D eigenvalue weighted by molar-refractivity contribution is -0.117. The number of ether oxygens (including phenoxy) is 1. The van der Waals surface area contributed by atoms with Gasteiger partial charge in [0.1, 0.15) is 0 Å². The largest absolute Gasteiger partial charge is 0.379 e. The fraction of sp³-hybridized carbons (Fsp3) is 0.600. The third-order valence-electron chi connectivity index (χ3n) is 5.78. The van der Waals surface area contributed by atoms with E-state index in [0.717, 1.165) is 56.6 Å². The molecule has 1 amide bonds. The van der Waals surface area contributed by atoms with Crippen LogP contribution in [0.15, 0.2) is 29.3 Å². The number of aliphatic imine (C=N–C) groups is 1. The number of carbonyl (C=O) groups is 1. The molecule has 3 aliphatic rings. The smallest absolute Gasteiger partial charge is 0.231 e. The monoisotopic (exact) mass is 499 g/mol. The summed E-state index contributed by atoms with van der Waals surface area (Å²) in [4.78, 5) is 23.5. The molecule has 1 unspecified atom stereocenters. The predicted octanol–water partition coefficient (Wildman–Crippen LogP) is 1.18. The number of carbonyl (C=O) groups excluding carboxylic acids is 1. The Morgan fingerprint density at radius 3 is 2.82 bits per heavy atom. The number of halogens is 1. The number of amides is 1. The molecule has 0 spiro atoms. The number of morpholine rings is 1. The lowest BCUT2D eigenvalue weighted by Gasteiger charge is -2.32. The Balaban J connectivity index is 0.00000225. The van der Waals surface area contributed by atoms with Crippen molar-refractivity contribution < 1.29 is 9.53 Å². The number of rotatable bonds is 4. The van der Waals surface area contributed by atoms with Gasteiger partial charge in [0.15, 0.2) is 5.96 Å². The van der Waals surface area contributed by atoms with Gasteiger partial charge in [-0.25, -0.2) is 0 Å². The first-order valence-corrected chi connectivity index (χ1v) is 9.92. The van der Waals surface area contributed by atoms with Crippen LogP contribution in [-0.2, 0) is 16.0 Å². The van der Waals surface area contributed by atoms with Crippen LogP contribution >= 0.6 is 24.0 Å². The molecule has 28 heavy (non-hydrogen) atoms. The van der Waals surface area contributed by atoms with Gasteiger partial charge < -0.3 is 19.9 Å². The number of nitrogens with zero attached hydrogens (tertiary/aromatic N) is 4. The lowest BCUT2D eigenvalue weighted by Crippen LogP contribution is -2.47. The van der Waals surface area contributed by atoms with Crippen LogP contribution in [0, 0.1) is 0 Å². The highest BCUT2D eigenvalue weighted by atomic mass is 127. The second-order valence-electron chi connectivity index (χ2n) is 7.36. The normalized spacial score (nSPS) is 23.0. The fourth-order valence-corrected chi connectivity index (χ4v) is 4.35. The molecule has 3 heterocycles. The minimum atomic E-state index is 0. The fourth-order valence-electron chi connectivity index (χ4n) is 4.35. The van der Waals surface area contributed by atoms with Gasteiger partial charge in [-0.3, -0.25) is 14.7 Å². The average Bonchev–Trinajstić information content (AvgIpc) is 3.31. The van der Waals surface area contributed by atoms with Crippen molar-refractivity contribution in [3.05, 3.63) is 29.8 Å². The van der Waals surface area contributed by atoms with Gasteiger partial charge in [-0.15, -0.1) is 24.0 Å². The molecule has 2 saturated heterocycles. The van der Waals surface area contributed by atoms with E-state index in [1.807, 2.05) is 36.2 Å². The van der Waals surface area contributed by atoms with E-state index in [9.17, 15) is 4.79 Å². The van der Waals surface area contributed by atoms with Crippen molar-refractivity contribution in [1.82, 2.24) is 15.1 Å². The quantitative estimate of drug-likeness (QED) is 0.383. The topological polar surface area (TPSA) is 60.4 Å². The van der Waals surface area contributed by atoms with Gasteiger partial charge in [0.2, 0.25) is 5.91 Å². The second kappa shape index (κ2) is 9.89. The summed E-state index contributed by atoms with van der Waals surface area (Å²) in [5.41, 5.74) is 2.17. The molecule has 1 N–H and O–H groups in total. The first-order chi connectivity index (χ1) is 13.3. The molecule has 1 aromatic rings. The minimum Gasteiger partial charge on any atom is -0.379 e. The number of para-hydroxylation sites is 1. The molecular formula is C20H30IN5O2. The standard InChI is InChI=1S/C20H29N5O2.HI/c1-21-20(24-8-6-17(15-24)23-10-12-27-13-11-23)22-7-9-25-18-5-3-2-4-16(18)14-19(25)26;/h2-5,17H,6-15H2,1H3,(H,21,22);1H. The van der Waals surface area contributed by atoms with Gasteiger partial charge >= 0.3 is 0 Å². The van der Waals surface area contributed by atoms with E-state index in [1.165, 1.54) is 6.42 Å². The summed E-state index contributed by atoms with van der Waals surface area (Å²) in [5, 5.41) is 3.45. The number of fused-ring (bicyclic) bond motifs is 1. The summed E-state index contributed by atoms with van der Waals surface area (Å²) in [5.74, 6) is 1.12. The zero-order chi connectivity index (χ0) is 18.6. The van der Waals surface area contributed by atoms with Crippen molar-refractivity contribution >= 4 is 41.5 Å². The zero-order valence-electron chi connectivity index (χ0n) is 16.5. The van der Waals surface area contributed by atoms with Gasteiger partial charge in [0.25, 0.3) is 0 Å². The first-order valence-electron chi connectivity index (χ1n) is 9.92. The summed E-state index contributed by atoms with van der Waals surface area (Å²) >= 11 is 0. The van der Waals surface area contributed by atoms with Crippen LogP contribution in [0.5, 0.6) is 0 Å². The van der Waals surface area contributed by atoms with Crippen molar-refractivity contribution in [1.29, 1.82) is 0 Å². The summed E-state index contributed by atoms with van der Waals surface area (Å²) in [6, 6.07) is 8.64. The number of guanidine groups is 1. The first kappa shape index (κ1) is 21.3. The minimum absolute atomic E-state index is 0. The van der Waals surface area contributed by atoms with Crippen molar-refractivity contribution in [2.24, 2.45) is 4.99 Å². The van der Waals surface area contributed by atoms with Gasteiger partial charge in [-0.1, -0.05) is 18.2 Å². The van der Waals surface area contributed by atoms with Crippen LogP contribution in [0.25, 0.3) is 0 Å². The second-order valence-corrected chi connectivity index (χ2v) is 7.36. The zero-order valence-corrected chi connectivity index (χ0v) is 18.8. The van der Waals surface area contributed by atoms with E-state index in [-0.39, 0.29) is 29.9 Å². The molecule has 0 bridgehead atoms. The number of hydrogen-bond acceptors (Lipinski definition) is 4. The van der Waals surface area contributed by atoms with Crippen LogP contribution in [-0.4, -0.2) is 87.2 Å². The maximum atomic E-state index is 12.3. The van der Waals surface area contributed by atoms with E-state index in [2.05, 4.69) is 20.1 Å². The van der Waals surface area contributed by atoms with Crippen molar-refractivity contribution in [2.45, 2.75) is 18.9 Å². The summed E-state index contributed by atoms with van der Waals surface area (Å²) in [6.45, 7) is 7.13. The van der Waals surface area contributed by atoms with Gasteiger partial charge in [-0.05, 0) is 18.1 Å². The van der Waals surface area contributed by atoms with E-state index >= 15 is 0 Å². The number of benzene rings is 1. The van der Waals surface area contributed by atoms with Crippen LogP contribution in [0.4, 0.5) is 5.69 Å². The van der Waals surface area contributed by atoms with Gasteiger partial charge in [-0.2, -0.15) is 0 Å². The molecule has 8 heteroatoms. The Hall–Kier alpha value is -1.39. The lowest BCUT2D eigenvalue weighted by atomic mass is 10.2. The maximum Gasteiger partial charge on any atom is 0.231 e. The molecule has 0 radical (unpaired) electrons. The molecule has 1 atom stereocenters. The van der Waals surface area contributed by atoms with E-state index in [1.54, 1.807) is 0 Å². The van der Waals surface area contributed by atoms with Gasteiger partial charge in [0, 0.05) is 58.0 Å². The Bertz CT molecular complexity index is 708. The molecule has 0 saturated carbocycles. The Labute approximate surface area is 184 Å². The van der Waals surface area contributed by atoms with Gasteiger partial charge in [0.05, 0.1) is 19.6 Å².